The summed E-state index contributed by atoms with van der Waals surface area (Å²) in [6.45, 7) is 10.1. The quantitative estimate of drug-likeness (QED) is 0.394. The zero-order valence-electron chi connectivity index (χ0n) is 17.7. The van der Waals surface area contributed by atoms with Crippen molar-refractivity contribution in [2.75, 3.05) is 0 Å². The summed E-state index contributed by atoms with van der Waals surface area (Å²) in [6, 6.07) is 0. The van der Waals surface area contributed by atoms with E-state index in [1.54, 1.807) is 11.1 Å². The summed E-state index contributed by atoms with van der Waals surface area (Å²) in [5.74, 6) is 4.84. The Morgan fingerprint density at radius 2 is 1.88 bits per heavy atom. The van der Waals surface area contributed by atoms with E-state index in [1.165, 1.54) is 57.8 Å². The molecule has 1 heteroatoms. The van der Waals surface area contributed by atoms with Crippen LogP contribution in [0.1, 0.15) is 98.3 Å². The lowest BCUT2D eigenvalue weighted by molar-refractivity contribution is -0.107. The number of carbonyl (C=O) groups excluding carboxylic acids is 1. The van der Waals surface area contributed by atoms with Crippen LogP contribution in [0, 0.1) is 40.4 Å². The molecule has 0 bridgehead atoms. The van der Waals surface area contributed by atoms with Gasteiger partial charge in [0.1, 0.15) is 6.29 Å². The highest BCUT2D eigenvalue weighted by molar-refractivity contribution is 5.50. The summed E-state index contributed by atoms with van der Waals surface area (Å²) < 4.78 is 0. The van der Waals surface area contributed by atoms with Crippen molar-refractivity contribution in [1.82, 2.24) is 0 Å². The molecular formula is C25H40O. The van der Waals surface area contributed by atoms with E-state index in [2.05, 4.69) is 27.7 Å². The van der Waals surface area contributed by atoms with Gasteiger partial charge in [0.05, 0.1) is 0 Å². The molecule has 4 aliphatic carbocycles. The summed E-state index contributed by atoms with van der Waals surface area (Å²) in [6.07, 6.45) is 15.9. The second kappa shape index (κ2) is 6.78. The lowest BCUT2D eigenvalue weighted by Gasteiger charge is -2.60. The van der Waals surface area contributed by atoms with Gasteiger partial charge in [0.25, 0.3) is 0 Å². The van der Waals surface area contributed by atoms with Gasteiger partial charge in [0.2, 0.25) is 0 Å². The minimum Gasteiger partial charge on any atom is -0.303 e. The molecule has 0 aromatic heterocycles. The molecular weight excluding hydrogens is 316 g/mol. The molecule has 4 aliphatic rings. The summed E-state index contributed by atoms with van der Waals surface area (Å²) in [4.78, 5) is 10.8. The van der Waals surface area contributed by atoms with Gasteiger partial charge in [-0.05, 0) is 105 Å². The maximum atomic E-state index is 10.8. The molecule has 6 unspecified atom stereocenters. The number of allylic oxidation sites excluding steroid dienone is 2. The number of fused-ring (bicyclic) bond motifs is 5. The highest BCUT2D eigenvalue weighted by Gasteiger charge is 2.58. The minimum atomic E-state index is 0.444. The van der Waals surface area contributed by atoms with Gasteiger partial charge < -0.3 is 4.79 Å². The van der Waals surface area contributed by atoms with Crippen molar-refractivity contribution < 1.29 is 4.79 Å². The van der Waals surface area contributed by atoms with Gasteiger partial charge in [0.15, 0.2) is 0 Å². The molecule has 146 valence electrons. The highest BCUT2D eigenvalue weighted by Crippen LogP contribution is 2.68. The second-order valence-electron chi connectivity index (χ2n) is 11.0. The standard InChI is InChI=1S/C25H40O/c1-17-11-13-24(3)19(16-17)7-8-20-22-10-9-21(18(2)6-5-15-26)25(22,4)14-12-23(20)24/h15,17,19-20,22-23H,5-14,16H2,1-4H3/b21-18+/t17-,19?,20?,22?,23?,24?,25?/m1/s1. The van der Waals surface area contributed by atoms with E-state index in [-0.39, 0.29) is 0 Å². The van der Waals surface area contributed by atoms with E-state index >= 15 is 0 Å². The fourth-order valence-corrected chi connectivity index (χ4v) is 8.41. The molecule has 0 aromatic carbocycles. The van der Waals surface area contributed by atoms with Crippen molar-refractivity contribution in [2.45, 2.75) is 98.3 Å². The van der Waals surface area contributed by atoms with Gasteiger partial charge in [-0.3, -0.25) is 0 Å². The van der Waals surface area contributed by atoms with Crippen LogP contribution in [-0.4, -0.2) is 6.29 Å². The van der Waals surface area contributed by atoms with Gasteiger partial charge in [0, 0.05) is 6.42 Å². The van der Waals surface area contributed by atoms with Crippen molar-refractivity contribution in [1.29, 1.82) is 0 Å². The molecule has 4 saturated carbocycles. The number of carbonyl (C=O) groups is 1. The monoisotopic (exact) mass is 356 g/mol. The van der Waals surface area contributed by atoms with Crippen LogP contribution >= 0.6 is 0 Å². The lowest BCUT2D eigenvalue weighted by atomic mass is 9.44. The number of rotatable bonds is 3. The van der Waals surface area contributed by atoms with Crippen LogP contribution in [0.15, 0.2) is 11.1 Å². The van der Waals surface area contributed by atoms with E-state index < -0.39 is 0 Å². The van der Waals surface area contributed by atoms with Crippen molar-refractivity contribution >= 4 is 6.29 Å². The summed E-state index contributed by atoms with van der Waals surface area (Å²) in [5, 5.41) is 0. The Balaban J connectivity index is 1.59. The predicted octanol–water partition coefficient (Wildman–Crippen LogP) is 6.96. The normalized spacial score (nSPS) is 49.8. The van der Waals surface area contributed by atoms with E-state index in [0.717, 1.165) is 42.3 Å². The maximum absolute atomic E-state index is 10.8. The first-order valence-electron chi connectivity index (χ1n) is 11.5. The molecule has 0 heterocycles. The fraction of sp³-hybridized carbons (Fsp3) is 0.880. The molecule has 0 spiro atoms. The van der Waals surface area contributed by atoms with Crippen LogP contribution < -0.4 is 0 Å². The first-order chi connectivity index (χ1) is 12.4. The van der Waals surface area contributed by atoms with Crippen molar-refractivity contribution in [2.24, 2.45) is 40.4 Å². The van der Waals surface area contributed by atoms with E-state index in [1.807, 2.05) is 0 Å². The average molecular weight is 357 g/mol. The first-order valence-corrected chi connectivity index (χ1v) is 11.5. The molecule has 7 atom stereocenters. The van der Waals surface area contributed by atoms with Crippen LogP contribution in [-0.2, 0) is 4.79 Å². The minimum absolute atomic E-state index is 0.444. The second-order valence-corrected chi connectivity index (χ2v) is 11.0. The third kappa shape index (κ3) is 2.75. The number of aldehydes is 1. The Morgan fingerprint density at radius 1 is 1.08 bits per heavy atom. The van der Waals surface area contributed by atoms with Crippen molar-refractivity contribution in [3.8, 4) is 0 Å². The van der Waals surface area contributed by atoms with Gasteiger partial charge in [-0.1, -0.05) is 38.3 Å². The molecule has 0 N–H and O–H groups in total. The van der Waals surface area contributed by atoms with Crippen LogP contribution in [0.5, 0.6) is 0 Å². The molecule has 4 fully saturated rings. The summed E-state index contributed by atoms with van der Waals surface area (Å²) in [7, 11) is 0. The topological polar surface area (TPSA) is 17.1 Å². The average Bonchev–Trinajstić information content (AvgIpc) is 2.97. The molecule has 0 amide bonds. The molecule has 0 aromatic rings. The van der Waals surface area contributed by atoms with Crippen molar-refractivity contribution in [3.63, 3.8) is 0 Å². The Labute approximate surface area is 161 Å². The fourth-order valence-electron chi connectivity index (χ4n) is 8.41. The number of hydrogen-bond donors (Lipinski definition) is 0. The Bertz CT molecular complexity index is 589. The predicted molar refractivity (Wildman–Crippen MR) is 109 cm³/mol. The van der Waals surface area contributed by atoms with Gasteiger partial charge in [-0.15, -0.1) is 0 Å². The van der Waals surface area contributed by atoms with Crippen LogP contribution in [0.2, 0.25) is 0 Å². The van der Waals surface area contributed by atoms with Gasteiger partial charge in [-0.2, -0.15) is 0 Å². The van der Waals surface area contributed by atoms with Crippen LogP contribution in [0.4, 0.5) is 0 Å². The third-order valence-corrected chi connectivity index (χ3v) is 9.86. The molecule has 0 radical (unpaired) electrons. The zero-order valence-corrected chi connectivity index (χ0v) is 17.7. The summed E-state index contributed by atoms with van der Waals surface area (Å²) >= 11 is 0. The first kappa shape index (κ1) is 18.8. The lowest BCUT2D eigenvalue weighted by Crippen LogP contribution is -2.52. The zero-order chi connectivity index (χ0) is 18.5. The Hall–Kier alpha value is -0.590. The van der Waals surface area contributed by atoms with E-state index in [4.69, 9.17) is 0 Å². The maximum Gasteiger partial charge on any atom is 0.120 e. The van der Waals surface area contributed by atoms with Crippen molar-refractivity contribution in [3.05, 3.63) is 11.1 Å². The highest BCUT2D eigenvalue weighted by atomic mass is 16.1. The van der Waals surface area contributed by atoms with Crippen LogP contribution in [0.3, 0.4) is 0 Å². The largest absolute Gasteiger partial charge is 0.303 e. The molecule has 1 nitrogen and oxygen atoms in total. The summed E-state index contributed by atoms with van der Waals surface area (Å²) in [5.41, 5.74) is 4.38. The van der Waals surface area contributed by atoms with E-state index in [0.29, 0.717) is 17.3 Å². The molecule has 0 saturated heterocycles. The SMILES string of the molecule is C/C(CCC=O)=C1/CCC2C3CCC4C[C@H](C)CCC4(C)C3CCC12C. The Morgan fingerprint density at radius 3 is 2.65 bits per heavy atom. The molecule has 26 heavy (non-hydrogen) atoms. The third-order valence-electron chi connectivity index (χ3n) is 9.86. The van der Waals surface area contributed by atoms with Gasteiger partial charge in [-0.25, -0.2) is 0 Å². The molecule has 4 rings (SSSR count). The smallest absolute Gasteiger partial charge is 0.120 e. The van der Waals surface area contributed by atoms with E-state index in [9.17, 15) is 4.79 Å². The molecule has 0 aliphatic heterocycles. The number of hydrogen-bond acceptors (Lipinski definition) is 1. The Kier molecular flexibility index (Phi) is 4.89. The van der Waals surface area contributed by atoms with Gasteiger partial charge >= 0.3 is 0 Å². The van der Waals surface area contributed by atoms with Crippen LogP contribution in [0.25, 0.3) is 0 Å².